The number of halogens is 1. The van der Waals surface area contributed by atoms with Crippen molar-refractivity contribution in [2.24, 2.45) is 0 Å². The van der Waals surface area contributed by atoms with Gasteiger partial charge in [0, 0.05) is 0 Å². The smallest absolute Gasteiger partial charge is 0.0381 e. The van der Waals surface area contributed by atoms with Crippen LogP contribution in [-0.4, -0.2) is 6.16 Å². The maximum absolute atomic E-state index is 2.83. The molecule has 0 aliphatic heterocycles. The summed E-state index contributed by atoms with van der Waals surface area (Å²) in [6, 6.07) is 0. The highest BCUT2D eigenvalue weighted by atomic mass is 35.5. The average Bonchev–Trinajstić information content (AvgIpc) is 2.43. The van der Waals surface area contributed by atoms with Gasteiger partial charge in [0.2, 0.25) is 0 Å². The highest BCUT2D eigenvalue weighted by molar-refractivity contribution is 7.16. The molecule has 0 aromatic carbocycles. The predicted octanol–water partition coefficient (Wildman–Crippen LogP) is 7.54. The van der Waals surface area contributed by atoms with Crippen molar-refractivity contribution in [1.29, 1.82) is 0 Å². The van der Waals surface area contributed by atoms with E-state index in [9.17, 15) is 0 Å². The third-order valence-corrected chi connectivity index (χ3v) is 4.47. The Bertz CT molecular complexity index is 134. The molecular formula is C18H40ClP. The van der Waals surface area contributed by atoms with Gasteiger partial charge in [-0.25, -0.2) is 0 Å². The number of unbranched alkanes of at least 4 members (excludes halogenated alkanes) is 15. The summed E-state index contributed by atoms with van der Waals surface area (Å²) in [6.07, 6.45) is 24.7. The Kier molecular flexibility index (Phi) is 25.3. The zero-order chi connectivity index (χ0) is 14.0. The Morgan fingerprint density at radius 2 is 0.700 bits per heavy atom. The molecule has 0 saturated heterocycles. The first-order chi connectivity index (χ1) is 9.41. The summed E-state index contributed by atoms with van der Waals surface area (Å²) in [7, 11) is 2.83. The van der Waals surface area contributed by atoms with Gasteiger partial charge in [-0.15, -0.1) is 21.6 Å². The molecule has 2 heteroatoms. The van der Waals surface area contributed by atoms with Crippen LogP contribution in [0, 0.1) is 0 Å². The van der Waals surface area contributed by atoms with E-state index in [-0.39, 0.29) is 12.4 Å². The Morgan fingerprint density at radius 1 is 0.450 bits per heavy atom. The summed E-state index contributed by atoms with van der Waals surface area (Å²) >= 11 is 0. The minimum Gasteiger partial charge on any atom is -0.147 e. The molecule has 0 rings (SSSR count). The van der Waals surface area contributed by atoms with Gasteiger partial charge >= 0.3 is 0 Å². The van der Waals surface area contributed by atoms with Gasteiger partial charge in [0.1, 0.15) is 0 Å². The zero-order valence-corrected chi connectivity index (χ0v) is 16.0. The first kappa shape index (κ1) is 23.0. The molecule has 0 spiro atoms. The van der Waals surface area contributed by atoms with Crippen LogP contribution in [0.2, 0.25) is 0 Å². The molecule has 1 atom stereocenters. The SMILES string of the molecule is CCCCCCCCCCCCCCCCCCP.Cl. The molecule has 0 amide bonds. The fourth-order valence-corrected chi connectivity index (χ4v) is 2.98. The van der Waals surface area contributed by atoms with E-state index >= 15 is 0 Å². The van der Waals surface area contributed by atoms with Crippen LogP contribution < -0.4 is 0 Å². The van der Waals surface area contributed by atoms with Crippen molar-refractivity contribution in [2.75, 3.05) is 6.16 Å². The van der Waals surface area contributed by atoms with Gasteiger partial charge in [0.25, 0.3) is 0 Å². The van der Waals surface area contributed by atoms with Crippen molar-refractivity contribution >= 4 is 21.6 Å². The molecule has 0 aromatic rings. The van der Waals surface area contributed by atoms with Crippen LogP contribution in [-0.2, 0) is 0 Å². The summed E-state index contributed by atoms with van der Waals surface area (Å²) in [5.41, 5.74) is 0. The molecule has 20 heavy (non-hydrogen) atoms. The molecule has 0 N–H and O–H groups in total. The van der Waals surface area contributed by atoms with Gasteiger partial charge in [-0.3, -0.25) is 0 Å². The Hall–Kier alpha value is 0.720. The molecule has 0 aromatic heterocycles. The van der Waals surface area contributed by atoms with E-state index in [2.05, 4.69) is 16.2 Å². The quantitative estimate of drug-likeness (QED) is 0.203. The molecule has 0 aliphatic rings. The van der Waals surface area contributed by atoms with Crippen LogP contribution in [0.25, 0.3) is 0 Å². The van der Waals surface area contributed by atoms with E-state index in [1.54, 1.807) is 0 Å². The minimum absolute atomic E-state index is 0. The van der Waals surface area contributed by atoms with Gasteiger partial charge in [-0.1, -0.05) is 103 Å². The lowest BCUT2D eigenvalue weighted by Crippen LogP contribution is -1.83. The maximum atomic E-state index is 2.83. The Balaban J connectivity index is 0. The van der Waals surface area contributed by atoms with Crippen molar-refractivity contribution in [2.45, 2.75) is 110 Å². The largest absolute Gasteiger partial charge is 0.147 e. The molecule has 0 bridgehead atoms. The third kappa shape index (κ3) is 21.0. The van der Waals surface area contributed by atoms with E-state index in [1.165, 1.54) is 109 Å². The maximum Gasteiger partial charge on any atom is -0.0381 e. The van der Waals surface area contributed by atoms with Crippen LogP contribution in [0.1, 0.15) is 110 Å². The van der Waals surface area contributed by atoms with Crippen molar-refractivity contribution < 1.29 is 0 Å². The highest BCUT2D eigenvalue weighted by Crippen LogP contribution is 2.13. The fraction of sp³-hybridized carbons (Fsp3) is 1.00. The van der Waals surface area contributed by atoms with E-state index in [4.69, 9.17) is 0 Å². The van der Waals surface area contributed by atoms with Gasteiger partial charge in [-0.05, 0) is 12.6 Å². The summed E-state index contributed by atoms with van der Waals surface area (Å²) in [6.45, 7) is 2.29. The van der Waals surface area contributed by atoms with Crippen LogP contribution in [0.4, 0.5) is 0 Å². The van der Waals surface area contributed by atoms with Gasteiger partial charge in [-0.2, -0.15) is 0 Å². The van der Waals surface area contributed by atoms with E-state index in [1.807, 2.05) is 0 Å². The lowest BCUT2D eigenvalue weighted by atomic mass is 10.0. The van der Waals surface area contributed by atoms with E-state index < -0.39 is 0 Å². The molecule has 0 radical (unpaired) electrons. The molecule has 0 nitrogen and oxygen atoms in total. The van der Waals surface area contributed by atoms with E-state index in [0.29, 0.717) is 0 Å². The van der Waals surface area contributed by atoms with Crippen LogP contribution >= 0.6 is 21.6 Å². The Labute approximate surface area is 137 Å². The second kappa shape index (κ2) is 22.0. The van der Waals surface area contributed by atoms with Crippen molar-refractivity contribution in [3.8, 4) is 0 Å². The molecule has 0 aliphatic carbocycles. The molecule has 1 unspecified atom stereocenters. The normalized spacial score (nSPS) is 10.5. The van der Waals surface area contributed by atoms with Crippen molar-refractivity contribution in [1.82, 2.24) is 0 Å². The average molecular weight is 323 g/mol. The van der Waals surface area contributed by atoms with Crippen molar-refractivity contribution in [3.05, 3.63) is 0 Å². The molecule has 0 fully saturated rings. The monoisotopic (exact) mass is 322 g/mol. The standard InChI is InChI=1S/C18H39P.ClH/c1-2-3-4-5-6-7-8-9-10-11-12-13-14-15-16-17-18-19;/h2-19H2,1H3;1H. The topological polar surface area (TPSA) is 0 Å². The summed E-state index contributed by atoms with van der Waals surface area (Å²) < 4.78 is 0. The molecule has 124 valence electrons. The lowest BCUT2D eigenvalue weighted by molar-refractivity contribution is 0.531. The number of rotatable bonds is 16. The molecular weight excluding hydrogens is 283 g/mol. The zero-order valence-electron chi connectivity index (χ0n) is 14.0. The molecule has 0 heterocycles. The Morgan fingerprint density at radius 3 is 0.950 bits per heavy atom. The van der Waals surface area contributed by atoms with Crippen LogP contribution in [0.15, 0.2) is 0 Å². The van der Waals surface area contributed by atoms with Gasteiger partial charge in [0.05, 0.1) is 0 Å². The fourth-order valence-electron chi connectivity index (χ4n) is 2.69. The summed E-state index contributed by atoms with van der Waals surface area (Å²) in [5.74, 6) is 0. The molecule has 0 saturated carbocycles. The second-order valence-corrected chi connectivity index (χ2v) is 6.67. The first-order valence-electron chi connectivity index (χ1n) is 9.12. The summed E-state index contributed by atoms with van der Waals surface area (Å²) in [5, 5.41) is 0. The van der Waals surface area contributed by atoms with Crippen LogP contribution in [0.5, 0.6) is 0 Å². The van der Waals surface area contributed by atoms with Gasteiger partial charge < -0.3 is 0 Å². The number of hydrogen-bond acceptors (Lipinski definition) is 0. The first-order valence-corrected chi connectivity index (χ1v) is 9.93. The minimum atomic E-state index is 0. The second-order valence-electron chi connectivity index (χ2n) is 6.09. The lowest BCUT2D eigenvalue weighted by Gasteiger charge is -2.03. The number of hydrogen-bond donors (Lipinski definition) is 0. The van der Waals surface area contributed by atoms with E-state index in [0.717, 1.165) is 0 Å². The summed E-state index contributed by atoms with van der Waals surface area (Å²) in [4.78, 5) is 0. The predicted molar refractivity (Wildman–Crippen MR) is 101 cm³/mol. The van der Waals surface area contributed by atoms with Gasteiger partial charge in [0.15, 0.2) is 0 Å². The highest BCUT2D eigenvalue weighted by Gasteiger charge is 1.94. The third-order valence-electron chi connectivity index (χ3n) is 4.06. The van der Waals surface area contributed by atoms with Crippen molar-refractivity contribution in [3.63, 3.8) is 0 Å². The van der Waals surface area contributed by atoms with Crippen LogP contribution in [0.3, 0.4) is 0 Å².